The van der Waals surface area contributed by atoms with E-state index in [1.807, 2.05) is 53.1 Å². The molecule has 0 bridgehead atoms. The van der Waals surface area contributed by atoms with Gasteiger partial charge in [-0.3, -0.25) is 14.4 Å². The van der Waals surface area contributed by atoms with Gasteiger partial charge in [0.25, 0.3) is 0 Å². The number of likely N-dealkylation sites (N-methyl/N-ethyl adjacent to an activating group) is 1. The first kappa shape index (κ1) is 19.4. The van der Waals surface area contributed by atoms with Crippen LogP contribution < -0.4 is 16.1 Å². The molecule has 0 spiro atoms. The van der Waals surface area contributed by atoms with Crippen LogP contribution in [0, 0.1) is 0 Å². The lowest BCUT2D eigenvalue weighted by Gasteiger charge is -2.15. The second-order valence-corrected chi connectivity index (χ2v) is 7.04. The van der Waals surface area contributed by atoms with Crippen LogP contribution in [0.3, 0.4) is 0 Å². The Morgan fingerprint density at radius 3 is 1.93 bits per heavy atom. The molecular formula is C24H21N3O3. The van der Waals surface area contributed by atoms with Crippen molar-refractivity contribution in [1.82, 2.24) is 9.88 Å². The summed E-state index contributed by atoms with van der Waals surface area (Å²) < 4.78 is 1.86. The highest BCUT2D eigenvalue weighted by molar-refractivity contribution is 5.97. The minimum Gasteiger partial charge on any atom is -0.359 e. The predicted molar refractivity (Wildman–Crippen MR) is 119 cm³/mol. The first-order valence-corrected chi connectivity index (χ1v) is 9.66. The second kappa shape index (κ2) is 8.21. The first-order chi connectivity index (χ1) is 14.6. The van der Waals surface area contributed by atoms with Gasteiger partial charge in [0.05, 0.1) is 17.5 Å². The van der Waals surface area contributed by atoms with Crippen LogP contribution in [0.5, 0.6) is 0 Å². The smallest absolute Gasteiger partial charge is 0.244 e. The predicted octanol–water partition coefficient (Wildman–Crippen LogP) is 3.08. The van der Waals surface area contributed by atoms with Crippen LogP contribution in [-0.4, -0.2) is 23.4 Å². The number of para-hydroxylation sites is 2. The summed E-state index contributed by atoms with van der Waals surface area (Å²) in [6.45, 7) is 0.0707. The molecule has 6 heteroatoms. The van der Waals surface area contributed by atoms with Crippen LogP contribution in [0.15, 0.2) is 77.6 Å². The topological polar surface area (TPSA) is 80.2 Å². The van der Waals surface area contributed by atoms with Gasteiger partial charge >= 0.3 is 0 Å². The summed E-state index contributed by atoms with van der Waals surface area (Å²) in [6.07, 6.45) is 0.292. The number of hydrogen-bond donors (Lipinski definition) is 2. The fraction of sp³-hybridized carbons (Fsp3) is 0.125. The Morgan fingerprint density at radius 1 is 0.800 bits per heavy atom. The lowest BCUT2D eigenvalue weighted by Crippen LogP contribution is -2.21. The second-order valence-electron chi connectivity index (χ2n) is 7.04. The van der Waals surface area contributed by atoms with Gasteiger partial charge < -0.3 is 15.2 Å². The summed E-state index contributed by atoms with van der Waals surface area (Å²) in [5.74, 6) is -0.267. The Balaban J connectivity index is 1.62. The molecule has 0 atom stereocenters. The minimum absolute atomic E-state index is 0.0374. The van der Waals surface area contributed by atoms with Crippen molar-refractivity contribution in [2.45, 2.75) is 13.0 Å². The number of benzene rings is 3. The number of amides is 2. The van der Waals surface area contributed by atoms with E-state index in [1.165, 1.54) is 0 Å². The standard InChI is InChI=1S/C24H21N3O3/c1-25-22(28)14-16-10-12-17(13-11-16)26-23(29)15-27-20-8-4-2-6-18(20)24(30)19-7-3-5-9-21(19)27/h2-13H,14-15H2,1H3,(H,25,28)(H,26,29). The largest absolute Gasteiger partial charge is 0.359 e. The third-order valence-corrected chi connectivity index (χ3v) is 5.06. The van der Waals surface area contributed by atoms with Gasteiger partial charge in [0, 0.05) is 23.5 Å². The molecule has 2 N–H and O–H groups in total. The lowest BCUT2D eigenvalue weighted by molar-refractivity contribution is -0.120. The molecule has 0 saturated heterocycles. The van der Waals surface area contributed by atoms with E-state index in [4.69, 9.17) is 0 Å². The Bertz CT molecular complexity index is 1250. The van der Waals surface area contributed by atoms with Crippen molar-refractivity contribution < 1.29 is 9.59 Å². The monoisotopic (exact) mass is 399 g/mol. The zero-order valence-electron chi connectivity index (χ0n) is 16.5. The summed E-state index contributed by atoms with van der Waals surface area (Å²) in [6, 6.07) is 21.8. The Kier molecular flexibility index (Phi) is 5.30. The number of nitrogens with one attached hydrogen (secondary N) is 2. The molecule has 6 nitrogen and oxygen atoms in total. The van der Waals surface area contributed by atoms with E-state index >= 15 is 0 Å². The quantitative estimate of drug-likeness (QED) is 0.506. The van der Waals surface area contributed by atoms with Gasteiger partial charge in [0.1, 0.15) is 6.54 Å². The first-order valence-electron chi connectivity index (χ1n) is 9.66. The van der Waals surface area contributed by atoms with E-state index in [9.17, 15) is 14.4 Å². The number of carbonyl (C=O) groups is 2. The number of pyridine rings is 1. The molecule has 3 aromatic carbocycles. The number of fused-ring (bicyclic) bond motifs is 2. The Morgan fingerprint density at radius 2 is 1.37 bits per heavy atom. The number of aromatic nitrogens is 1. The van der Waals surface area contributed by atoms with Crippen LogP contribution in [0.2, 0.25) is 0 Å². The van der Waals surface area contributed by atoms with Gasteiger partial charge in [-0.2, -0.15) is 0 Å². The zero-order chi connectivity index (χ0) is 21.1. The Labute approximate surface area is 173 Å². The molecule has 0 radical (unpaired) electrons. The van der Waals surface area contributed by atoms with Crippen LogP contribution in [0.1, 0.15) is 5.56 Å². The minimum atomic E-state index is -0.201. The van der Waals surface area contributed by atoms with Gasteiger partial charge in [-0.15, -0.1) is 0 Å². The van der Waals surface area contributed by atoms with Crippen LogP contribution >= 0.6 is 0 Å². The van der Waals surface area contributed by atoms with E-state index in [2.05, 4.69) is 10.6 Å². The van der Waals surface area contributed by atoms with E-state index in [-0.39, 0.29) is 23.8 Å². The van der Waals surface area contributed by atoms with Gasteiger partial charge in [-0.1, -0.05) is 36.4 Å². The lowest BCUT2D eigenvalue weighted by atomic mass is 10.1. The number of rotatable bonds is 5. The molecule has 0 saturated carbocycles. The van der Waals surface area contributed by atoms with Crippen molar-refractivity contribution in [3.8, 4) is 0 Å². The van der Waals surface area contributed by atoms with E-state index in [0.717, 1.165) is 16.6 Å². The third-order valence-electron chi connectivity index (χ3n) is 5.06. The van der Waals surface area contributed by atoms with E-state index in [1.54, 1.807) is 31.3 Å². The molecule has 1 aromatic heterocycles. The highest BCUT2D eigenvalue weighted by Crippen LogP contribution is 2.19. The molecule has 4 aromatic rings. The molecular weight excluding hydrogens is 378 g/mol. The Hall–Kier alpha value is -3.93. The maximum absolute atomic E-state index is 12.8. The van der Waals surface area contributed by atoms with Crippen molar-refractivity contribution in [3.05, 3.63) is 88.6 Å². The number of carbonyl (C=O) groups excluding carboxylic acids is 2. The molecule has 0 aliphatic heterocycles. The number of hydrogen-bond acceptors (Lipinski definition) is 3. The van der Waals surface area contributed by atoms with Crippen LogP contribution in [-0.2, 0) is 22.6 Å². The average Bonchev–Trinajstić information content (AvgIpc) is 2.78. The summed E-state index contributed by atoms with van der Waals surface area (Å²) in [5, 5.41) is 6.65. The molecule has 2 amide bonds. The maximum atomic E-state index is 12.8. The third kappa shape index (κ3) is 3.80. The number of nitrogens with zero attached hydrogens (tertiary/aromatic N) is 1. The maximum Gasteiger partial charge on any atom is 0.244 e. The summed E-state index contributed by atoms with van der Waals surface area (Å²) >= 11 is 0. The van der Waals surface area contributed by atoms with Crippen LogP contribution in [0.25, 0.3) is 21.8 Å². The van der Waals surface area contributed by atoms with Gasteiger partial charge in [-0.05, 0) is 42.0 Å². The average molecular weight is 399 g/mol. The molecule has 1 heterocycles. The van der Waals surface area contributed by atoms with Crippen molar-refractivity contribution >= 4 is 39.3 Å². The SMILES string of the molecule is CNC(=O)Cc1ccc(NC(=O)Cn2c3ccccc3c(=O)c3ccccc32)cc1. The van der Waals surface area contributed by atoms with E-state index < -0.39 is 0 Å². The van der Waals surface area contributed by atoms with Gasteiger partial charge in [0.2, 0.25) is 11.8 Å². The summed E-state index contributed by atoms with van der Waals surface area (Å²) in [4.78, 5) is 37.1. The highest BCUT2D eigenvalue weighted by Gasteiger charge is 2.13. The van der Waals surface area contributed by atoms with Crippen LogP contribution in [0.4, 0.5) is 5.69 Å². The van der Waals surface area contributed by atoms with Crippen molar-refractivity contribution in [2.75, 3.05) is 12.4 Å². The van der Waals surface area contributed by atoms with Crippen molar-refractivity contribution in [2.24, 2.45) is 0 Å². The fourth-order valence-electron chi connectivity index (χ4n) is 3.57. The van der Waals surface area contributed by atoms with E-state index in [0.29, 0.717) is 22.9 Å². The molecule has 4 rings (SSSR count). The normalized spacial score (nSPS) is 10.8. The van der Waals surface area contributed by atoms with Crippen molar-refractivity contribution in [3.63, 3.8) is 0 Å². The molecule has 30 heavy (non-hydrogen) atoms. The molecule has 0 unspecified atom stereocenters. The fourth-order valence-corrected chi connectivity index (χ4v) is 3.57. The van der Waals surface area contributed by atoms with Gasteiger partial charge in [0.15, 0.2) is 5.43 Å². The molecule has 0 aliphatic rings. The zero-order valence-corrected chi connectivity index (χ0v) is 16.5. The van der Waals surface area contributed by atoms with Crippen molar-refractivity contribution in [1.29, 1.82) is 0 Å². The molecule has 150 valence electrons. The summed E-state index contributed by atoms with van der Waals surface area (Å²) in [7, 11) is 1.60. The molecule has 0 aliphatic carbocycles. The summed E-state index contributed by atoms with van der Waals surface area (Å²) in [5.41, 5.74) is 2.92. The number of anilines is 1. The molecule has 0 fully saturated rings. The highest BCUT2D eigenvalue weighted by atomic mass is 16.2. The van der Waals surface area contributed by atoms with Gasteiger partial charge in [-0.25, -0.2) is 0 Å².